The van der Waals surface area contributed by atoms with Crippen molar-refractivity contribution >= 4 is 11.0 Å². The van der Waals surface area contributed by atoms with Gasteiger partial charge in [-0.1, -0.05) is 0 Å². The molecule has 0 saturated carbocycles. The van der Waals surface area contributed by atoms with E-state index in [4.69, 9.17) is 0 Å². The van der Waals surface area contributed by atoms with Crippen LogP contribution in [0.5, 0.6) is 5.75 Å². The van der Waals surface area contributed by atoms with Gasteiger partial charge in [0.15, 0.2) is 0 Å². The summed E-state index contributed by atoms with van der Waals surface area (Å²) >= 11 is 0. The van der Waals surface area contributed by atoms with Crippen molar-refractivity contribution in [1.29, 1.82) is 0 Å². The van der Waals surface area contributed by atoms with Crippen LogP contribution in [0.3, 0.4) is 0 Å². The second kappa shape index (κ2) is 4.12. The topological polar surface area (TPSA) is 38.0 Å². The van der Waals surface area contributed by atoms with E-state index < -0.39 is 0 Å². The Morgan fingerprint density at radius 2 is 1.68 bits per heavy atom. The van der Waals surface area contributed by atoms with Crippen LogP contribution in [-0.4, -0.2) is 14.7 Å². The summed E-state index contributed by atoms with van der Waals surface area (Å²) in [5.74, 6) is 0.290. The Balaban J connectivity index is 2.28. The number of phenolic OH excluding ortho intramolecular Hbond substituents is 1. The summed E-state index contributed by atoms with van der Waals surface area (Å²) in [6.07, 6.45) is 1.84. The predicted molar refractivity (Wildman–Crippen MR) is 76.9 cm³/mol. The molecule has 0 aliphatic rings. The number of aromatic hydroxyl groups is 1. The Morgan fingerprint density at radius 1 is 0.947 bits per heavy atom. The molecule has 0 fully saturated rings. The molecular formula is C16H16N2O. The number of phenols is 1. The average molecular weight is 252 g/mol. The Morgan fingerprint density at radius 3 is 2.42 bits per heavy atom. The van der Waals surface area contributed by atoms with E-state index in [-0.39, 0.29) is 5.75 Å². The number of hydrogen-bond donors (Lipinski definition) is 1. The molecule has 19 heavy (non-hydrogen) atoms. The minimum Gasteiger partial charge on any atom is -0.508 e. The smallest absolute Gasteiger partial charge is 0.115 e. The molecule has 0 amide bonds. The lowest BCUT2D eigenvalue weighted by Crippen LogP contribution is -1.95. The average Bonchev–Trinajstić information content (AvgIpc) is 2.73. The van der Waals surface area contributed by atoms with E-state index in [2.05, 4.69) is 35.5 Å². The third kappa shape index (κ3) is 1.87. The first kappa shape index (κ1) is 11.8. The van der Waals surface area contributed by atoms with E-state index in [1.165, 1.54) is 11.1 Å². The number of benzene rings is 2. The second-order valence-corrected chi connectivity index (χ2v) is 5.01. The van der Waals surface area contributed by atoms with E-state index in [0.29, 0.717) is 0 Å². The summed E-state index contributed by atoms with van der Waals surface area (Å²) < 4.78 is 2.07. The molecule has 3 aromatic rings. The normalized spacial score (nSPS) is 11.1. The lowest BCUT2D eigenvalue weighted by molar-refractivity contribution is 0.475. The molecule has 2 aromatic carbocycles. The van der Waals surface area contributed by atoms with Gasteiger partial charge in [-0.2, -0.15) is 0 Å². The summed E-state index contributed by atoms with van der Waals surface area (Å²) in [5.41, 5.74) is 6.67. The van der Waals surface area contributed by atoms with E-state index in [9.17, 15) is 5.11 Å². The van der Waals surface area contributed by atoms with Crippen LogP contribution in [-0.2, 0) is 0 Å². The number of hydrogen-bond acceptors (Lipinski definition) is 2. The Hall–Kier alpha value is -2.29. The van der Waals surface area contributed by atoms with Crippen molar-refractivity contribution in [2.75, 3.05) is 0 Å². The van der Waals surface area contributed by atoms with Gasteiger partial charge >= 0.3 is 0 Å². The van der Waals surface area contributed by atoms with E-state index in [0.717, 1.165) is 22.3 Å². The number of aromatic nitrogens is 2. The van der Waals surface area contributed by atoms with Crippen molar-refractivity contribution in [3.63, 3.8) is 0 Å². The van der Waals surface area contributed by atoms with Gasteiger partial charge in [0.2, 0.25) is 0 Å². The maximum absolute atomic E-state index is 9.50. The molecule has 1 aromatic heterocycles. The highest BCUT2D eigenvalue weighted by Crippen LogP contribution is 2.25. The molecular weight excluding hydrogens is 236 g/mol. The Bertz CT molecular complexity index is 772. The molecule has 3 rings (SSSR count). The third-order valence-corrected chi connectivity index (χ3v) is 3.60. The predicted octanol–water partition coefficient (Wildman–Crippen LogP) is 3.66. The van der Waals surface area contributed by atoms with Gasteiger partial charge in [-0.3, -0.25) is 4.57 Å². The molecule has 1 N–H and O–H groups in total. The van der Waals surface area contributed by atoms with Crippen LogP contribution in [0.25, 0.3) is 16.7 Å². The van der Waals surface area contributed by atoms with Crippen molar-refractivity contribution in [3.05, 3.63) is 53.3 Å². The van der Waals surface area contributed by atoms with Gasteiger partial charge in [-0.15, -0.1) is 0 Å². The standard InChI is InChI=1S/C16H16N2O/c1-10-7-14-16(8-11(10)2)18(9-17-14)15-5-4-13(19)6-12(15)3/h4-9,19H,1-3H3. The van der Waals surface area contributed by atoms with Crippen LogP contribution >= 0.6 is 0 Å². The van der Waals surface area contributed by atoms with Crippen molar-refractivity contribution in [2.45, 2.75) is 20.8 Å². The van der Waals surface area contributed by atoms with Gasteiger partial charge in [0.05, 0.1) is 16.7 Å². The molecule has 1 heterocycles. The van der Waals surface area contributed by atoms with E-state index in [1.807, 2.05) is 19.3 Å². The maximum Gasteiger partial charge on any atom is 0.115 e. The van der Waals surface area contributed by atoms with Crippen LogP contribution in [0.4, 0.5) is 0 Å². The second-order valence-electron chi connectivity index (χ2n) is 5.01. The molecule has 3 heteroatoms. The monoisotopic (exact) mass is 252 g/mol. The van der Waals surface area contributed by atoms with Gasteiger partial charge in [0.1, 0.15) is 12.1 Å². The number of fused-ring (bicyclic) bond motifs is 1. The summed E-state index contributed by atoms with van der Waals surface area (Å²) in [7, 11) is 0. The molecule has 0 saturated heterocycles. The highest BCUT2D eigenvalue weighted by molar-refractivity contribution is 5.79. The zero-order valence-corrected chi connectivity index (χ0v) is 11.3. The third-order valence-electron chi connectivity index (χ3n) is 3.60. The Labute approximate surface area is 112 Å². The fraction of sp³-hybridized carbons (Fsp3) is 0.188. The van der Waals surface area contributed by atoms with Crippen LogP contribution in [0, 0.1) is 20.8 Å². The molecule has 0 aliphatic heterocycles. The van der Waals surface area contributed by atoms with Crippen LogP contribution in [0.2, 0.25) is 0 Å². The Kier molecular flexibility index (Phi) is 2.56. The van der Waals surface area contributed by atoms with Crippen molar-refractivity contribution in [3.8, 4) is 11.4 Å². The fourth-order valence-electron chi connectivity index (χ4n) is 2.37. The number of aryl methyl sites for hydroxylation is 3. The fourth-order valence-corrected chi connectivity index (χ4v) is 2.37. The quantitative estimate of drug-likeness (QED) is 0.717. The highest BCUT2D eigenvalue weighted by atomic mass is 16.3. The largest absolute Gasteiger partial charge is 0.508 e. The molecule has 0 aliphatic carbocycles. The molecule has 0 unspecified atom stereocenters. The lowest BCUT2D eigenvalue weighted by Gasteiger charge is -2.09. The molecule has 3 nitrogen and oxygen atoms in total. The van der Waals surface area contributed by atoms with Crippen LogP contribution in [0.15, 0.2) is 36.7 Å². The molecule has 0 radical (unpaired) electrons. The van der Waals surface area contributed by atoms with Crippen LogP contribution < -0.4 is 0 Å². The van der Waals surface area contributed by atoms with Crippen LogP contribution in [0.1, 0.15) is 16.7 Å². The molecule has 0 bridgehead atoms. The highest BCUT2D eigenvalue weighted by Gasteiger charge is 2.08. The van der Waals surface area contributed by atoms with E-state index in [1.54, 1.807) is 12.1 Å². The first-order chi connectivity index (χ1) is 9.06. The van der Waals surface area contributed by atoms with Gasteiger partial charge in [-0.05, 0) is 67.8 Å². The summed E-state index contributed by atoms with van der Waals surface area (Å²) in [5, 5.41) is 9.50. The number of nitrogens with zero attached hydrogens (tertiary/aromatic N) is 2. The summed E-state index contributed by atoms with van der Waals surface area (Å²) in [4.78, 5) is 4.46. The van der Waals surface area contributed by atoms with Gasteiger partial charge in [-0.25, -0.2) is 4.98 Å². The van der Waals surface area contributed by atoms with Gasteiger partial charge < -0.3 is 5.11 Å². The first-order valence-corrected chi connectivity index (χ1v) is 6.30. The van der Waals surface area contributed by atoms with Crippen molar-refractivity contribution < 1.29 is 5.11 Å². The first-order valence-electron chi connectivity index (χ1n) is 6.30. The molecule has 96 valence electrons. The minimum atomic E-state index is 0.290. The number of rotatable bonds is 1. The summed E-state index contributed by atoms with van der Waals surface area (Å²) in [6, 6.07) is 9.65. The van der Waals surface area contributed by atoms with Gasteiger partial charge in [0, 0.05) is 0 Å². The molecule has 0 atom stereocenters. The minimum absolute atomic E-state index is 0.290. The van der Waals surface area contributed by atoms with E-state index >= 15 is 0 Å². The van der Waals surface area contributed by atoms with Crippen molar-refractivity contribution in [1.82, 2.24) is 9.55 Å². The SMILES string of the molecule is Cc1cc2ncn(-c3ccc(O)cc3C)c2cc1C. The number of imidazole rings is 1. The lowest BCUT2D eigenvalue weighted by atomic mass is 10.1. The van der Waals surface area contributed by atoms with Crippen molar-refractivity contribution in [2.24, 2.45) is 0 Å². The molecule has 0 spiro atoms. The summed E-state index contributed by atoms with van der Waals surface area (Å²) in [6.45, 7) is 6.19. The zero-order valence-electron chi connectivity index (χ0n) is 11.3. The zero-order chi connectivity index (χ0) is 13.6. The maximum atomic E-state index is 9.50. The van der Waals surface area contributed by atoms with Gasteiger partial charge in [0.25, 0.3) is 0 Å².